The molecule has 0 atom stereocenters. The SMILES string of the molecule is Cc1ccc(N(CCO)CC(F)(F)F)c(CN)c1. The smallest absolute Gasteiger partial charge is 0.395 e. The minimum Gasteiger partial charge on any atom is -0.395 e. The van der Waals surface area contributed by atoms with Gasteiger partial charge in [-0.05, 0) is 18.6 Å². The molecule has 0 aliphatic heterocycles. The fourth-order valence-electron chi connectivity index (χ4n) is 1.81. The number of aliphatic hydroxyl groups is 1. The highest BCUT2D eigenvalue weighted by Gasteiger charge is 2.31. The fraction of sp³-hybridized carbons (Fsp3) is 0.500. The number of anilines is 1. The minimum atomic E-state index is -4.31. The Kier molecular flexibility index (Phi) is 4.98. The van der Waals surface area contributed by atoms with Crippen LogP contribution in [0.4, 0.5) is 18.9 Å². The van der Waals surface area contributed by atoms with E-state index in [1.165, 1.54) is 0 Å². The number of benzene rings is 1. The third kappa shape index (κ3) is 4.19. The molecule has 0 radical (unpaired) electrons. The van der Waals surface area contributed by atoms with Gasteiger partial charge in [-0.3, -0.25) is 0 Å². The number of alkyl halides is 3. The minimum absolute atomic E-state index is 0.0738. The van der Waals surface area contributed by atoms with Crippen LogP contribution in [0.25, 0.3) is 0 Å². The van der Waals surface area contributed by atoms with Crippen molar-refractivity contribution in [2.75, 3.05) is 24.6 Å². The van der Waals surface area contributed by atoms with E-state index >= 15 is 0 Å². The van der Waals surface area contributed by atoms with E-state index in [1.54, 1.807) is 18.2 Å². The number of hydrogen-bond donors (Lipinski definition) is 2. The quantitative estimate of drug-likeness (QED) is 0.851. The molecule has 3 N–H and O–H groups in total. The first-order chi connectivity index (χ1) is 8.37. The summed E-state index contributed by atoms with van der Waals surface area (Å²) < 4.78 is 37.4. The van der Waals surface area contributed by atoms with Crippen LogP contribution in [0, 0.1) is 6.92 Å². The largest absolute Gasteiger partial charge is 0.405 e. The van der Waals surface area contributed by atoms with Gasteiger partial charge < -0.3 is 15.7 Å². The molecule has 18 heavy (non-hydrogen) atoms. The van der Waals surface area contributed by atoms with Crippen molar-refractivity contribution in [2.24, 2.45) is 5.73 Å². The summed E-state index contributed by atoms with van der Waals surface area (Å²) in [7, 11) is 0. The van der Waals surface area contributed by atoms with Gasteiger partial charge >= 0.3 is 6.18 Å². The van der Waals surface area contributed by atoms with Gasteiger partial charge in [-0.1, -0.05) is 17.7 Å². The molecular formula is C12H17F3N2O. The van der Waals surface area contributed by atoms with Crippen molar-refractivity contribution in [3.63, 3.8) is 0 Å². The lowest BCUT2D eigenvalue weighted by Crippen LogP contribution is -2.37. The molecule has 0 saturated heterocycles. The summed E-state index contributed by atoms with van der Waals surface area (Å²) in [5.74, 6) is 0. The zero-order chi connectivity index (χ0) is 13.8. The van der Waals surface area contributed by atoms with Crippen molar-refractivity contribution in [1.82, 2.24) is 0 Å². The molecule has 6 heteroatoms. The van der Waals surface area contributed by atoms with Crippen molar-refractivity contribution in [2.45, 2.75) is 19.6 Å². The Balaban J connectivity index is 3.04. The Morgan fingerprint density at radius 2 is 2.00 bits per heavy atom. The van der Waals surface area contributed by atoms with Gasteiger partial charge in [0.15, 0.2) is 0 Å². The highest BCUT2D eigenvalue weighted by molar-refractivity contribution is 5.55. The molecule has 1 aromatic carbocycles. The number of hydrogen-bond acceptors (Lipinski definition) is 3. The van der Waals surface area contributed by atoms with Gasteiger partial charge in [0.25, 0.3) is 0 Å². The number of aryl methyl sites for hydroxylation is 1. The van der Waals surface area contributed by atoms with E-state index in [-0.39, 0.29) is 19.7 Å². The molecule has 0 bridgehead atoms. The number of halogens is 3. The van der Waals surface area contributed by atoms with Gasteiger partial charge in [-0.2, -0.15) is 13.2 Å². The second-order valence-electron chi connectivity index (χ2n) is 4.10. The molecule has 0 unspecified atom stereocenters. The van der Waals surface area contributed by atoms with Crippen molar-refractivity contribution < 1.29 is 18.3 Å². The molecule has 1 rings (SSSR count). The molecule has 0 fully saturated rings. The summed E-state index contributed by atoms with van der Waals surface area (Å²) in [5, 5.41) is 8.87. The number of nitrogens with zero attached hydrogens (tertiary/aromatic N) is 1. The van der Waals surface area contributed by atoms with Crippen molar-refractivity contribution in [3.8, 4) is 0 Å². The highest BCUT2D eigenvalue weighted by Crippen LogP contribution is 2.25. The van der Waals surface area contributed by atoms with Crippen LogP contribution < -0.4 is 10.6 Å². The Morgan fingerprint density at radius 3 is 2.50 bits per heavy atom. The molecule has 1 aromatic rings. The third-order valence-corrected chi connectivity index (χ3v) is 2.54. The van der Waals surface area contributed by atoms with Crippen molar-refractivity contribution >= 4 is 5.69 Å². The maximum atomic E-state index is 12.5. The van der Waals surface area contributed by atoms with Crippen LogP contribution in [0.2, 0.25) is 0 Å². The molecule has 0 heterocycles. The summed E-state index contributed by atoms with van der Waals surface area (Å²) >= 11 is 0. The van der Waals surface area contributed by atoms with E-state index in [2.05, 4.69) is 0 Å². The number of rotatable bonds is 5. The number of aliphatic hydroxyl groups excluding tert-OH is 1. The summed E-state index contributed by atoms with van der Waals surface area (Å²) in [6.45, 7) is 0.507. The van der Waals surface area contributed by atoms with Crippen LogP contribution >= 0.6 is 0 Å². The second-order valence-corrected chi connectivity index (χ2v) is 4.10. The topological polar surface area (TPSA) is 49.5 Å². The van der Waals surface area contributed by atoms with Gasteiger partial charge in [0.2, 0.25) is 0 Å². The maximum Gasteiger partial charge on any atom is 0.405 e. The standard InChI is InChI=1S/C12H17F3N2O/c1-9-2-3-11(10(6-9)7-16)17(4-5-18)8-12(13,14)15/h2-3,6,18H,4-5,7-8,16H2,1H3. The highest BCUT2D eigenvalue weighted by atomic mass is 19.4. The maximum absolute atomic E-state index is 12.5. The summed E-state index contributed by atoms with van der Waals surface area (Å²) in [6, 6.07) is 5.10. The fourth-order valence-corrected chi connectivity index (χ4v) is 1.81. The Morgan fingerprint density at radius 1 is 1.33 bits per heavy atom. The van der Waals surface area contributed by atoms with E-state index in [0.29, 0.717) is 11.3 Å². The molecule has 0 saturated carbocycles. The first-order valence-corrected chi connectivity index (χ1v) is 5.59. The zero-order valence-corrected chi connectivity index (χ0v) is 10.2. The van der Waals surface area contributed by atoms with Crippen LogP contribution in [0.3, 0.4) is 0 Å². The van der Waals surface area contributed by atoms with E-state index in [9.17, 15) is 13.2 Å². The molecule has 3 nitrogen and oxygen atoms in total. The van der Waals surface area contributed by atoms with Gasteiger partial charge in [0.1, 0.15) is 6.54 Å². The molecule has 0 spiro atoms. The van der Waals surface area contributed by atoms with Crippen LogP contribution in [0.5, 0.6) is 0 Å². The normalized spacial score (nSPS) is 11.7. The van der Waals surface area contributed by atoms with Crippen LogP contribution in [0.1, 0.15) is 11.1 Å². The molecule has 102 valence electrons. The van der Waals surface area contributed by atoms with Gasteiger partial charge in [0.05, 0.1) is 6.61 Å². The van der Waals surface area contributed by atoms with Crippen LogP contribution in [-0.2, 0) is 6.54 Å². The number of nitrogens with two attached hydrogens (primary N) is 1. The molecule has 0 aliphatic carbocycles. The Labute approximate surface area is 104 Å². The molecule has 0 amide bonds. The first kappa shape index (κ1) is 14.8. The molecule has 0 aliphatic rings. The summed E-state index contributed by atoms with van der Waals surface area (Å²) in [4.78, 5) is 1.10. The average Bonchev–Trinajstić information content (AvgIpc) is 2.26. The van der Waals surface area contributed by atoms with Gasteiger partial charge in [0, 0.05) is 18.8 Å². The zero-order valence-electron chi connectivity index (χ0n) is 10.2. The monoisotopic (exact) mass is 262 g/mol. The van der Waals surface area contributed by atoms with Crippen LogP contribution in [-0.4, -0.2) is 31.0 Å². The lowest BCUT2D eigenvalue weighted by Gasteiger charge is -2.27. The molecular weight excluding hydrogens is 245 g/mol. The first-order valence-electron chi connectivity index (χ1n) is 5.59. The average molecular weight is 262 g/mol. The Hall–Kier alpha value is -1.27. The van der Waals surface area contributed by atoms with E-state index in [0.717, 1.165) is 10.5 Å². The van der Waals surface area contributed by atoms with Gasteiger partial charge in [-0.15, -0.1) is 0 Å². The van der Waals surface area contributed by atoms with Crippen molar-refractivity contribution in [1.29, 1.82) is 0 Å². The van der Waals surface area contributed by atoms with Crippen molar-refractivity contribution in [3.05, 3.63) is 29.3 Å². The lowest BCUT2D eigenvalue weighted by atomic mass is 10.1. The van der Waals surface area contributed by atoms with E-state index in [1.807, 2.05) is 6.92 Å². The summed E-state index contributed by atoms with van der Waals surface area (Å²) in [5.41, 5.74) is 7.56. The van der Waals surface area contributed by atoms with E-state index < -0.39 is 12.7 Å². The lowest BCUT2D eigenvalue weighted by molar-refractivity contribution is -0.119. The second kappa shape index (κ2) is 6.06. The van der Waals surface area contributed by atoms with Gasteiger partial charge in [-0.25, -0.2) is 0 Å². The predicted molar refractivity (Wildman–Crippen MR) is 64.4 cm³/mol. The Bertz CT molecular complexity index is 393. The van der Waals surface area contributed by atoms with E-state index in [4.69, 9.17) is 10.8 Å². The third-order valence-electron chi connectivity index (χ3n) is 2.54. The molecule has 0 aromatic heterocycles. The summed E-state index contributed by atoms with van der Waals surface area (Å²) in [6.07, 6.45) is -4.31. The predicted octanol–water partition coefficient (Wildman–Crippen LogP) is 1.81. The van der Waals surface area contributed by atoms with Crippen LogP contribution in [0.15, 0.2) is 18.2 Å².